The second-order valence-electron chi connectivity index (χ2n) is 14.4. The van der Waals surface area contributed by atoms with Crippen LogP contribution in [0.2, 0.25) is 39.3 Å². The van der Waals surface area contributed by atoms with Gasteiger partial charge in [-0.3, -0.25) is 4.79 Å². The fourth-order valence-corrected chi connectivity index (χ4v) is 11.5. The maximum Gasteiger partial charge on any atom is 0.184 e. The molecule has 3 nitrogen and oxygen atoms in total. The molecule has 32 heavy (non-hydrogen) atoms. The van der Waals surface area contributed by atoms with Crippen molar-refractivity contribution in [2.75, 3.05) is 0 Å². The first-order chi connectivity index (χ1) is 14.6. The Hall–Kier alpha value is 0.0238. The molecule has 0 amide bonds. The Labute approximate surface area is 200 Å². The van der Waals surface area contributed by atoms with Crippen molar-refractivity contribution < 1.29 is 13.6 Å². The number of ketones is 1. The lowest BCUT2D eigenvalue weighted by Crippen LogP contribution is -2.55. The molecule has 3 unspecified atom stereocenters. The zero-order chi connectivity index (χ0) is 23.7. The molecule has 0 N–H and O–H groups in total. The van der Waals surface area contributed by atoms with Gasteiger partial charge in [-0.15, -0.1) is 0 Å². The summed E-state index contributed by atoms with van der Waals surface area (Å²) < 4.78 is 13.3. The van der Waals surface area contributed by atoms with Crippen molar-refractivity contribution in [1.82, 2.24) is 0 Å². The summed E-state index contributed by atoms with van der Waals surface area (Å²) in [4.78, 5) is 12.9. The van der Waals surface area contributed by atoms with Crippen LogP contribution in [0, 0.1) is 40.4 Å². The van der Waals surface area contributed by atoms with Crippen LogP contribution in [0.3, 0.4) is 0 Å². The molecule has 0 spiro atoms. The van der Waals surface area contributed by atoms with E-state index < -0.39 is 16.6 Å². The summed E-state index contributed by atoms with van der Waals surface area (Å²) in [6.45, 7) is 20.8. The molecule has 4 fully saturated rings. The third-order valence-corrected chi connectivity index (χ3v) is 12.1. The Morgan fingerprint density at radius 2 is 1.41 bits per heavy atom. The minimum atomic E-state index is -1.68. The normalized spacial score (nSPS) is 46.8. The van der Waals surface area contributed by atoms with E-state index in [1.54, 1.807) is 0 Å². The van der Waals surface area contributed by atoms with Gasteiger partial charge in [0.25, 0.3) is 0 Å². The van der Waals surface area contributed by atoms with E-state index in [-0.39, 0.29) is 17.4 Å². The third kappa shape index (κ3) is 4.49. The summed E-state index contributed by atoms with van der Waals surface area (Å²) in [6, 6.07) is 0. The van der Waals surface area contributed by atoms with Gasteiger partial charge in [0.1, 0.15) is 5.78 Å². The molecular weight excluding hydrogens is 428 g/mol. The molecule has 0 bridgehead atoms. The van der Waals surface area contributed by atoms with Gasteiger partial charge in [0, 0.05) is 12.0 Å². The zero-order valence-corrected chi connectivity index (χ0v) is 24.4. The van der Waals surface area contributed by atoms with E-state index in [0.29, 0.717) is 23.2 Å². The van der Waals surface area contributed by atoms with Crippen LogP contribution < -0.4 is 0 Å². The molecule has 0 aromatic carbocycles. The molecule has 0 heterocycles. The number of hydrogen-bond donors (Lipinski definition) is 0. The van der Waals surface area contributed by atoms with Crippen LogP contribution in [0.1, 0.15) is 72.1 Å². The molecule has 0 aromatic rings. The second-order valence-corrected chi connectivity index (χ2v) is 23.3. The Kier molecular flexibility index (Phi) is 6.52. The lowest BCUT2D eigenvalue weighted by Gasteiger charge is -2.61. The van der Waals surface area contributed by atoms with Crippen molar-refractivity contribution in [1.29, 1.82) is 0 Å². The van der Waals surface area contributed by atoms with Crippen molar-refractivity contribution in [2.24, 2.45) is 40.4 Å². The lowest BCUT2D eigenvalue weighted by atomic mass is 9.44. The van der Waals surface area contributed by atoms with Gasteiger partial charge in [-0.1, -0.05) is 13.8 Å². The van der Waals surface area contributed by atoms with Gasteiger partial charge in [0.2, 0.25) is 0 Å². The van der Waals surface area contributed by atoms with Crippen molar-refractivity contribution in [3.63, 3.8) is 0 Å². The highest BCUT2D eigenvalue weighted by Crippen LogP contribution is 2.68. The largest absolute Gasteiger partial charge is 0.415 e. The van der Waals surface area contributed by atoms with Gasteiger partial charge in [0.05, 0.1) is 6.10 Å². The number of Topliss-reactive ketones (excluding diaryl/α,β-unsaturated/α-hetero) is 1. The maximum atomic E-state index is 12.9. The molecule has 0 aliphatic heterocycles. The summed E-state index contributed by atoms with van der Waals surface area (Å²) in [5, 5.41) is 0. The number of carbonyl (C=O) groups is 1. The van der Waals surface area contributed by atoms with Gasteiger partial charge in [-0.2, -0.15) is 0 Å². The smallest absolute Gasteiger partial charge is 0.184 e. The van der Waals surface area contributed by atoms with E-state index in [9.17, 15) is 4.79 Å². The summed E-state index contributed by atoms with van der Waals surface area (Å²) in [7, 11) is -3.16. The zero-order valence-electron chi connectivity index (χ0n) is 22.4. The average Bonchev–Trinajstić information content (AvgIpc) is 2.91. The fourth-order valence-electron chi connectivity index (χ4n) is 9.11. The molecular formula is C27H50O3Si2. The molecule has 5 heteroatoms. The van der Waals surface area contributed by atoms with Crippen LogP contribution in [0.15, 0.2) is 0 Å². The SMILES string of the molecule is CC(=O)[C@H]1[C@H](O[Si](C)(C)C)CC2C3CC[C@H]4C[C@@H](O[Si](C)(C)C)CC[C@]4(C)C3CC[C@@]21C. The van der Waals surface area contributed by atoms with E-state index in [4.69, 9.17) is 8.85 Å². The van der Waals surface area contributed by atoms with Crippen LogP contribution in [0.25, 0.3) is 0 Å². The van der Waals surface area contributed by atoms with Gasteiger partial charge < -0.3 is 8.85 Å². The average molecular weight is 479 g/mol. The molecule has 0 radical (unpaired) electrons. The summed E-state index contributed by atoms with van der Waals surface area (Å²) in [5.74, 6) is 3.56. The Bertz CT molecular complexity index is 725. The minimum Gasteiger partial charge on any atom is -0.415 e. The van der Waals surface area contributed by atoms with E-state index >= 15 is 0 Å². The Morgan fingerprint density at radius 3 is 2.00 bits per heavy atom. The second kappa shape index (κ2) is 8.31. The standard InChI is InChI=1S/C27H50O3Si2/c1-18(28)25-24(30-32(7,8)9)17-23-21-11-10-19-16-20(29-31(4,5)6)12-14-26(19,2)22(21)13-15-27(23,25)3/h19-25H,10-17H2,1-9H3/t19-,20-,21?,22?,23?,24+,25-,26-,27-/m0/s1. The van der Waals surface area contributed by atoms with Crippen LogP contribution in [0.4, 0.5) is 0 Å². The molecule has 184 valence electrons. The van der Waals surface area contributed by atoms with Crippen molar-refractivity contribution in [3.05, 3.63) is 0 Å². The van der Waals surface area contributed by atoms with Gasteiger partial charge in [-0.05, 0) is 132 Å². The fraction of sp³-hybridized carbons (Fsp3) is 0.963. The van der Waals surface area contributed by atoms with Crippen molar-refractivity contribution in [2.45, 2.75) is 124 Å². The van der Waals surface area contributed by atoms with Crippen LogP contribution in [0.5, 0.6) is 0 Å². The molecule has 0 aromatic heterocycles. The molecule has 4 rings (SSSR count). The highest BCUT2D eigenvalue weighted by atomic mass is 28.4. The molecule has 4 aliphatic carbocycles. The Balaban J connectivity index is 1.55. The van der Waals surface area contributed by atoms with E-state index in [1.165, 1.54) is 44.9 Å². The van der Waals surface area contributed by atoms with Crippen molar-refractivity contribution in [3.8, 4) is 0 Å². The molecule has 0 saturated heterocycles. The number of rotatable bonds is 5. The third-order valence-electron chi connectivity index (χ3n) is 10.1. The summed E-state index contributed by atoms with van der Waals surface area (Å²) in [6.07, 6.45) is 10.9. The first kappa shape index (κ1) is 25.1. The van der Waals surface area contributed by atoms with E-state index in [2.05, 4.69) is 53.1 Å². The minimum absolute atomic E-state index is 0.103. The van der Waals surface area contributed by atoms with E-state index in [0.717, 1.165) is 24.2 Å². The highest BCUT2D eigenvalue weighted by Gasteiger charge is 2.63. The maximum absolute atomic E-state index is 12.9. The Morgan fingerprint density at radius 1 is 0.781 bits per heavy atom. The number of hydrogen-bond acceptors (Lipinski definition) is 3. The lowest BCUT2D eigenvalue weighted by molar-refractivity contribution is -0.139. The van der Waals surface area contributed by atoms with Crippen molar-refractivity contribution >= 4 is 22.4 Å². The number of carbonyl (C=O) groups excluding carboxylic acids is 1. The van der Waals surface area contributed by atoms with Crippen LogP contribution in [-0.4, -0.2) is 34.6 Å². The van der Waals surface area contributed by atoms with Gasteiger partial charge in [0.15, 0.2) is 16.6 Å². The van der Waals surface area contributed by atoms with Gasteiger partial charge >= 0.3 is 0 Å². The topological polar surface area (TPSA) is 35.5 Å². The van der Waals surface area contributed by atoms with Crippen LogP contribution in [-0.2, 0) is 13.6 Å². The first-order valence-electron chi connectivity index (χ1n) is 13.5. The molecule has 4 saturated carbocycles. The highest BCUT2D eigenvalue weighted by molar-refractivity contribution is 6.70. The molecule has 4 aliphatic rings. The summed E-state index contributed by atoms with van der Waals surface area (Å²) in [5.41, 5.74) is 0.603. The summed E-state index contributed by atoms with van der Waals surface area (Å²) >= 11 is 0. The van der Waals surface area contributed by atoms with Crippen LogP contribution >= 0.6 is 0 Å². The first-order valence-corrected chi connectivity index (χ1v) is 20.3. The predicted molar refractivity (Wildman–Crippen MR) is 138 cm³/mol. The quantitative estimate of drug-likeness (QED) is 0.389. The number of fused-ring (bicyclic) bond motifs is 5. The predicted octanol–water partition coefficient (Wildman–Crippen LogP) is 7.28. The molecule has 9 atom stereocenters. The van der Waals surface area contributed by atoms with E-state index in [1.807, 2.05) is 6.92 Å². The van der Waals surface area contributed by atoms with Gasteiger partial charge in [-0.25, -0.2) is 0 Å². The monoisotopic (exact) mass is 478 g/mol.